The van der Waals surface area contributed by atoms with Gasteiger partial charge in [-0.05, 0) is 30.0 Å². The summed E-state index contributed by atoms with van der Waals surface area (Å²) >= 11 is 0. The molecule has 1 saturated heterocycles. The Balaban J connectivity index is 1.86. The smallest absolute Gasteiger partial charge is 0.319 e. The van der Waals surface area contributed by atoms with E-state index in [9.17, 15) is 19.5 Å². The molecule has 2 aromatic carbocycles. The van der Waals surface area contributed by atoms with Crippen LogP contribution >= 0.6 is 0 Å². The molecule has 0 aliphatic carbocycles. The molecular formula is C24H27NO4. The van der Waals surface area contributed by atoms with Crippen LogP contribution in [0.3, 0.4) is 0 Å². The lowest BCUT2D eigenvalue weighted by Crippen LogP contribution is -2.45. The summed E-state index contributed by atoms with van der Waals surface area (Å²) in [5.41, 5.74) is 0.759. The number of likely N-dealkylation sites (tertiary alicyclic amines) is 1. The number of amides is 2. The Labute approximate surface area is 171 Å². The number of carbonyl (C=O) groups is 3. The van der Waals surface area contributed by atoms with Gasteiger partial charge in [0.25, 0.3) is 0 Å². The molecule has 2 atom stereocenters. The zero-order chi connectivity index (χ0) is 21.4. The number of hydrogen-bond donors (Lipinski definition) is 1. The number of carboxylic acid groups (broad SMARTS) is 1. The molecule has 1 heterocycles. The minimum Gasteiger partial charge on any atom is -0.480 e. The molecule has 0 spiro atoms. The second kappa shape index (κ2) is 7.47. The fourth-order valence-electron chi connectivity index (χ4n) is 3.80. The summed E-state index contributed by atoms with van der Waals surface area (Å²) in [6.45, 7) is 6.76. The van der Waals surface area contributed by atoms with E-state index in [-0.39, 0.29) is 12.5 Å². The van der Waals surface area contributed by atoms with Gasteiger partial charge in [-0.1, -0.05) is 75.4 Å². The maximum atomic E-state index is 12.9. The molecule has 1 aliphatic rings. The number of imide groups is 1. The quantitative estimate of drug-likeness (QED) is 0.796. The van der Waals surface area contributed by atoms with Gasteiger partial charge in [-0.15, -0.1) is 0 Å². The Morgan fingerprint density at radius 1 is 1.03 bits per heavy atom. The van der Waals surface area contributed by atoms with Gasteiger partial charge in [-0.25, -0.2) is 0 Å². The van der Waals surface area contributed by atoms with Gasteiger partial charge in [0.2, 0.25) is 11.8 Å². The highest BCUT2D eigenvalue weighted by Crippen LogP contribution is 2.41. The number of carboxylic acids is 1. The predicted molar refractivity (Wildman–Crippen MR) is 111 cm³/mol. The predicted octanol–water partition coefficient (Wildman–Crippen LogP) is 4.02. The lowest BCUT2D eigenvalue weighted by molar-refractivity contribution is -0.159. The minimum absolute atomic E-state index is 0.123. The average Bonchev–Trinajstić information content (AvgIpc) is 2.94. The Bertz CT molecular complexity index is 928. The highest BCUT2D eigenvalue weighted by Gasteiger charge is 2.58. The van der Waals surface area contributed by atoms with Gasteiger partial charge < -0.3 is 5.11 Å². The molecule has 2 amide bonds. The molecule has 2 unspecified atom stereocenters. The van der Waals surface area contributed by atoms with Crippen LogP contribution in [-0.2, 0) is 20.8 Å². The van der Waals surface area contributed by atoms with Crippen LogP contribution in [0, 0.1) is 16.7 Å². The van der Waals surface area contributed by atoms with E-state index >= 15 is 0 Å². The van der Waals surface area contributed by atoms with E-state index in [0.717, 1.165) is 21.6 Å². The molecule has 0 aromatic heterocycles. The van der Waals surface area contributed by atoms with Gasteiger partial charge in [0.1, 0.15) is 5.41 Å². The first kappa shape index (κ1) is 20.8. The summed E-state index contributed by atoms with van der Waals surface area (Å²) in [7, 11) is 0. The second-order valence-electron chi connectivity index (χ2n) is 8.94. The summed E-state index contributed by atoms with van der Waals surface area (Å²) in [5, 5.41) is 9.83. The molecule has 0 bridgehead atoms. The Kier molecular flexibility index (Phi) is 5.35. The first-order valence-electron chi connectivity index (χ1n) is 9.79. The van der Waals surface area contributed by atoms with E-state index in [2.05, 4.69) is 0 Å². The summed E-state index contributed by atoms with van der Waals surface area (Å²) in [6.07, 6.45) is 0.414. The number of carbonyl (C=O) groups excluding carboxylic acids is 2. The van der Waals surface area contributed by atoms with Crippen LogP contribution in [-0.4, -0.2) is 34.3 Å². The van der Waals surface area contributed by atoms with Crippen LogP contribution < -0.4 is 0 Å². The van der Waals surface area contributed by atoms with Gasteiger partial charge in [0, 0.05) is 17.9 Å². The number of rotatable bonds is 4. The molecule has 3 rings (SSSR count). The van der Waals surface area contributed by atoms with E-state index in [0.29, 0.717) is 6.42 Å². The zero-order valence-corrected chi connectivity index (χ0v) is 17.3. The zero-order valence-electron chi connectivity index (χ0n) is 17.3. The van der Waals surface area contributed by atoms with Gasteiger partial charge in [0.05, 0.1) is 0 Å². The van der Waals surface area contributed by atoms with Crippen LogP contribution in [0.5, 0.6) is 0 Å². The lowest BCUT2D eigenvalue weighted by atomic mass is 9.76. The molecule has 0 saturated carbocycles. The van der Waals surface area contributed by atoms with Crippen molar-refractivity contribution in [3.63, 3.8) is 0 Å². The normalized spacial score (nSPS) is 22.0. The van der Waals surface area contributed by atoms with E-state index in [1.54, 1.807) is 20.8 Å². The Hall–Kier alpha value is -2.95. The average molecular weight is 393 g/mol. The minimum atomic E-state index is -1.61. The van der Waals surface area contributed by atoms with Crippen molar-refractivity contribution in [2.45, 2.75) is 34.1 Å². The molecule has 152 valence electrons. The standard InChI is InChI=1S/C24H27NO4/c1-23(2,3)20(26)25-15-19(24(4,21(25)27)22(28)29)14-16-10-12-18(13-11-16)17-8-6-5-7-9-17/h5-13,19H,14-15H2,1-4H3,(H,28,29). The van der Waals surface area contributed by atoms with Gasteiger partial charge >= 0.3 is 5.97 Å². The highest BCUT2D eigenvalue weighted by atomic mass is 16.4. The maximum Gasteiger partial charge on any atom is 0.319 e. The lowest BCUT2D eigenvalue weighted by Gasteiger charge is -2.25. The first-order chi connectivity index (χ1) is 13.5. The van der Waals surface area contributed by atoms with Gasteiger partial charge in [0.15, 0.2) is 0 Å². The van der Waals surface area contributed by atoms with E-state index in [1.165, 1.54) is 6.92 Å². The van der Waals surface area contributed by atoms with Gasteiger partial charge in [-0.3, -0.25) is 19.3 Å². The van der Waals surface area contributed by atoms with Crippen molar-refractivity contribution in [1.29, 1.82) is 0 Å². The fraction of sp³-hybridized carbons (Fsp3) is 0.375. The second-order valence-corrected chi connectivity index (χ2v) is 8.94. The molecule has 1 aliphatic heterocycles. The van der Waals surface area contributed by atoms with Crippen molar-refractivity contribution < 1.29 is 19.5 Å². The van der Waals surface area contributed by atoms with E-state index in [1.807, 2.05) is 54.6 Å². The SMILES string of the molecule is CC(C)(C)C(=O)N1CC(Cc2ccc(-c3ccccc3)cc2)C(C)(C(=O)O)C1=O. The first-order valence-corrected chi connectivity index (χ1v) is 9.79. The molecule has 1 fully saturated rings. The number of nitrogens with zero attached hydrogens (tertiary/aromatic N) is 1. The van der Waals surface area contributed by atoms with Gasteiger partial charge in [-0.2, -0.15) is 0 Å². The van der Waals surface area contributed by atoms with E-state index in [4.69, 9.17) is 0 Å². The highest BCUT2D eigenvalue weighted by molar-refractivity contribution is 6.10. The molecular weight excluding hydrogens is 366 g/mol. The van der Waals surface area contributed by atoms with Crippen molar-refractivity contribution in [1.82, 2.24) is 4.90 Å². The number of hydrogen-bond acceptors (Lipinski definition) is 3. The largest absolute Gasteiger partial charge is 0.480 e. The molecule has 5 heteroatoms. The summed E-state index contributed by atoms with van der Waals surface area (Å²) in [5.74, 6) is -2.62. The number of benzene rings is 2. The molecule has 29 heavy (non-hydrogen) atoms. The third-order valence-electron chi connectivity index (χ3n) is 5.78. The van der Waals surface area contributed by atoms with Crippen molar-refractivity contribution in [3.05, 3.63) is 60.2 Å². The summed E-state index contributed by atoms with van der Waals surface area (Å²) < 4.78 is 0. The summed E-state index contributed by atoms with van der Waals surface area (Å²) in [4.78, 5) is 38.8. The van der Waals surface area contributed by atoms with Crippen molar-refractivity contribution in [2.75, 3.05) is 6.54 Å². The summed E-state index contributed by atoms with van der Waals surface area (Å²) in [6, 6.07) is 17.9. The van der Waals surface area contributed by atoms with Crippen molar-refractivity contribution in [3.8, 4) is 11.1 Å². The Morgan fingerprint density at radius 2 is 1.59 bits per heavy atom. The van der Waals surface area contributed by atoms with Crippen LogP contribution in [0.2, 0.25) is 0 Å². The maximum absolute atomic E-state index is 12.9. The monoisotopic (exact) mass is 393 g/mol. The molecule has 5 nitrogen and oxygen atoms in total. The van der Waals surface area contributed by atoms with Crippen molar-refractivity contribution >= 4 is 17.8 Å². The Morgan fingerprint density at radius 3 is 2.10 bits per heavy atom. The van der Waals surface area contributed by atoms with Crippen LogP contribution in [0.15, 0.2) is 54.6 Å². The molecule has 2 aromatic rings. The third-order valence-corrected chi connectivity index (χ3v) is 5.78. The number of aliphatic carboxylic acids is 1. The van der Waals surface area contributed by atoms with Crippen molar-refractivity contribution in [2.24, 2.45) is 16.7 Å². The van der Waals surface area contributed by atoms with Crippen LogP contribution in [0.1, 0.15) is 33.3 Å². The topological polar surface area (TPSA) is 74.7 Å². The molecule has 1 N–H and O–H groups in total. The fourth-order valence-corrected chi connectivity index (χ4v) is 3.80. The third kappa shape index (κ3) is 3.82. The van der Waals surface area contributed by atoms with E-state index < -0.39 is 28.6 Å². The molecule has 0 radical (unpaired) electrons. The van der Waals surface area contributed by atoms with Crippen LogP contribution in [0.25, 0.3) is 11.1 Å². The van der Waals surface area contributed by atoms with Crippen LogP contribution in [0.4, 0.5) is 0 Å².